The molecule has 3 nitrogen and oxygen atoms in total. The highest BCUT2D eigenvalue weighted by Gasteiger charge is 2.40. The van der Waals surface area contributed by atoms with Gasteiger partial charge in [-0.1, -0.05) is 36.4 Å². The van der Waals surface area contributed by atoms with Gasteiger partial charge in [0, 0.05) is 6.42 Å². The molecule has 0 spiro atoms. The van der Waals surface area contributed by atoms with Crippen LogP contribution in [0.5, 0.6) is 0 Å². The molecule has 24 heavy (non-hydrogen) atoms. The van der Waals surface area contributed by atoms with Crippen molar-refractivity contribution in [3.8, 4) is 0 Å². The molecule has 1 fully saturated rings. The lowest BCUT2D eigenvalue weighted by Gasteiger charge is -2.17. The van der Waals surface area contributed by atoms with Gasteiger partial charge in [0.2, 0.25) is 11.8 Å². The molecule has 124 valence electrons. The molecule has 1 heterocycles. The molecule has 6 heteroatoms. The molecule has 0 radical (unpaired) electrons. The normalized spacial score (nSPS) is 18.3. The number of alkyl halides is 3. The van der Waals surface area contributed by atoms with Crippen LogP contribution < -0.4 is 4.90 Å². The number of carbonyl (C=O) groups is 2. The number of hydrogen-bond donors (Lipinski definition) is 0. The minimum Gasteiger partial charge on any atom is -0.274 e. The maximum absolute atomic E-state index is 12.8. The Morgan fingerprint density at radius 3 is 2.38 bits per heavy atom. The zero-order chi connectivity index (χ0) is 17.3. The number of carbonyl (C=O) groups excluding carboxylic acids is 2. The van der Waals surface area contributed by atoms with Crippen molar-refractivity contribution in [3.63, 3.8) is 0 Å². The molecule has 0 aromatic heterocycles. The van der Waals surface area contributed by atoms with Gasteiger partial charge < -0.3 is 0 Å². The van der Waals surface area contributed by atoms with Gasteiger partial charge in [0.15, 0.2) is 0 Å². The fourth-order valence-electron chi connectivity index (χ4n) is 2.85. The lowest BCUT2D eigenvalue weighted by molar-refractivity contribution is -0.137. The van der Waals surface area contributed by atoms with Gasteiger partial charge in [-0.25, -0.2) is 0 Å². The van der Waals surface area contributed by atoms with E-state index in [1.807, 2.05) is 30.3 Å². The Morgan fingerprint density at radius 2 is 1.71 bits per heavy atom. The quantitative estimate of drug-likeness (QED) is 0.801. The maximum atomic E-state index is 12.8. The van der Waals surface area contributed by atoms with Crippen LogP contribution in [-0.4, -0.2) is 11.8 Å². The topological polar surface area (TPSA) is 37.4 Å². The van der Waals surface area contributed by atoms with Gasteiger partial charge in [-0.2, -0.15) is 13.2 Å². The molecule has 0 aliphatic carbocycles. The summed E-state index contributed by atoms with van der Waals surface area (Å²) in [7, 11) is 0. The summed E-state index contributed by atoms with van der Waals surface area (Å²) in [6.07, 6.45) is -4.13. The van der Waals surface area contributed by atoms with Crippen molar-refractivity contribution in [2.24, 2.45) is 5.92 Å². The molecule has 0 bridgehead atoms. The van der Waals surface area contributed by atoms with Crippen LogP contribution in [0, 0.1) is 5.92 Å². The second-order valence-corrected chi connectivity index (χ2v) is 5.71. The summed E-state index contributed by atoms with van der Waals surface area (Å²) in [5.74, 6) is -1.47. The van der Waals surface area contributed by atoms with Crippen LogP contribution in [0.15, 0.2) is 54.6 Å². The van der Waals surface area contributed by atoms with Gasteiger partial charge >= 0.3 is 6.18 Å². The van der Waals surface area contributed by atoms with E-state index in [2.05, 4.69) is 0 Å². The molecular weight excluding hydrogens is 319 g/mol. The Kier molecular flexibility index (Phi) is 4.13. The van der Waals surface area contributed by atoms with E-state index >= 15 is 0 Å². The third-order valence-corrected chi connectivity index (χ3v) is 4.00. The molecule has 1 aliphatic heterocycles. The van der Waals surface area contributed by atoms with Crippen molar-refractivity contribution < 1.29 is 22.8 Å². The van der Waals surface area contributed by atoms with Gasteiger partial charge in [0.05, 0.1) is 17.2 Å². The van der Waals surface area contributed by atoms with Crippen molar-refractivity contribution >= 4 is 17.5 Å². The van der Waals surface area contributed by atoms with E-state index in [0.29, 0.717) is 6.42 Å². The van der Waals surface area contributed by atoms with E-state index in [1.54, 1.807) is 0 Å². The summed E-state index contributed by atoms with van der Waals surface area (Å²) < 4.78 is 38.5. The SMILES string of the molecule is O=C1CC(Cc2ccccc2)C(=O)N1c1cccc(C(F)(F)F)c1. The van der Waals surface area contributed by atoms with E-state index in [-0.39, 0.29) is 12.1 Å². The molecule has 1 unspecified atom stereocenters. The molecule has 1 atom stereocenters. The number of hydrogen-bond acceptors (Lipinski definition) is 2. The van der Waals surface area contributed by atoms with E-state index in [1.165, 1.54) is 12.1 Å². The minimum atomic E-state index is -4.52. The summed E-state index contributed by atoms with van der Waals surface area (Å²) in [6.45, 7) is 0. The van der Waals surface area contributed by atoms with Gasteiger partial charge in [-0.3, -0.25) is 14.5 Å². The fourth-order valence-corrected chi connectivity index (χ4v) is 2.85. The predicted octanol–water partition coefficient (Wildman–Crippen LogP) is 3.83. The summed E-state index contributed by atoms with van der Waals surface area (Å²) in [4.78, 5) is 25.5. The van der Waals surface area contributed by atoms with E-state index in [0.717, 1.165) is 22.6 Å². The van der Waals surface area contributed by atoms with Crippen molar-refractivity contribution in [1.82, 2.24) is 0 Å². The molecule has 2 aromatic carbocycles. The van der Waals surface area contributed by atoms with Gasteiger partial charge in [0.1, 0.15) is 0 Å². The number of halogens is 3. The first-order valence-electron chi connectivity index (χ1n) is 7.44. The van der Waals surface area contributed by atoms with Crippen LogP contribution in [0.1, 0.15) is 17.5 Å². The van der Waals surface area contributed by atoms with Crippen LogP contribution in [0.2, 0.25) is 0 Å². The van der Waals surface area contributed by atoms with Crippen molar-refractivity contribution in [2.45, 2.75) is 19.0 Å². The lowest BCUT2D eigenvalue weighted by Crippen LogP contribution is -2.31. The molecule has 0 saturated carbocycles. The smallest absolute Gasteiger partial charge is 0.274 e. The molecule has 3 rings (SSSR count). The Hall–Kier alpha value is -2.63. The highest BCUT2D eigenvalue weighted by Crippen LogP contribution is 2.34. The number of nitrogens with zero attached hydrogens (tertiary/aromatic N) is 1. The van der Waals surface area contributed by atoms with E-state index in [9.17, 15) is 22.8 Å². The summed E-state index contributed by atoms with van der Waals surface area (Å²) in [5.41, 5.74) is -0.00274. The Labute approximate surface area is 136 Å². The monoisotopic (exact) mass is 333 g/mol. The highest BCUT2D eigenvalue weighted by molar-refractivity contribution is 6.21. The van der Waals surface area contributed by atoms with Crippen LogP contribution in [0.3, 0.4) is 0 Å². The van der Waals surface area contributed by atoms with E-state index in [4.69, 9.17) is 0 Å². The van der Waals surface area contributed by atoms with Crippen molar-refractivity contribution in [2.75, 3.05) is 4.90 Å². The predicted molar refractivity (Wildman–Crippen MR) is 82.2 cm³/mol. The number of anilines is 1. The average Bonchev–Trinajstić information content (AvgIpc) is 2.82. The minimum absolute atomic E-state index is 0.00394. The second kappa shape index (κ2) is 6.11. The fraction of sp³-hybridized carbons (Fsp3) is 0.222. The van der Waals surface area contributed by atoms with Crippen LogP contribution >= 0.6 is 0 Å². The molecule has 1 saturated heterocycles. The number of amides is 2. The summed E-state index contributed by atoms with van der Waals surface area (Å²) in [6, 6.07) is 13.5. The lowest BCUT2D eigenvalue weighted by atomic mass is 9.98. The maximum Gasteiger partial charge on any atom is 0.416 e. The number of rotatable bonds is 3. The number of benzene rings is 2. The molecular formula is C18H14F3NO2. The Bertz CT molecular complexity index is 771. The van der Waals surface area contributed by atoms with Crippen LogP contribution in [0.4, 0.5) is 18.9 Å². The Morgan fingerprint density at radius 1 is 1.00 bits per heavy atom. The average molecular weight is 333 g/mol. The summed E-state index contributed by atoms with van der Waals surface area (Å²) >= 11 is 0. The molecule has 2 aromatic rings. The van der Waals surface area contributed by atoms with Gasteiger partial charge in [-0.05, 0) is 30.2 Å². The third kappa shape index (κ3) is 3.18. The van der Waals surface area contributed by atoms with Crippen molar-refractivity contribution in [3.05, 3.63) is 65.7 Å². The summed E-state index contributed by atoms with van der Waals surface area (Å²) in [5, 5.41) is 0. The molecule has 2 amide bonds. The van der Waals surface area contributed by atoms with Crippen LogP contribution in [0.25, 0.3) is 0 Å². The van der Waals surface area contributed by atoms with Crippen molar-refractivity contribution in [1.29, 1.82) is 0 Å². The van der Waals surface area contributed by atoms with Gasteiger partial charge in [-0.15, -0.1) is 0 Å². The first-order valence-corrected chi connectivity index (χ1v) is 7.44. The number of imide groups is 1. The third-order valence-electron chi connectivity index (χ3n) is 4.00. The zero-order valence-corrected chi connectivity index (χ0v) is 12.6. The second-order valence-electron chi connectivity index (χ2n) is 5.71. The standard InChI is InChI=1S/C18H14F3NO2/c19-18(20,21)14-7-4-8-15(11-14)22-16(23)10-13(17(22)24)9-12-5-2-1-3-6-12/h1-8,11,13H,9-10H2. The first-order chi connectivity index (χ1) is 11.4. The zero-order valence-electron chi connectivity index (χ0n) is 12.6. The highest BCUT2D eigenvalue weighted by atomic mass is 19.4. The Balaban J connectivity index is 1.85. The van der Waals surface area contributed by atoms with Gasteiger partial charge in [0.25, 0.3) is 0 Å². The molecule has 0 N–H and O–H groups in total. The van der Waals surface area contributed by atoms with Crippen LogP contribution in [-0.2, 0) is 22.2 Å². The van der Waals surface area contributed by atoms with E-state index < -0.39 is 29.5 Å². The first kappa shape index (κ1) is 16.2. The largest absolute Gasteiger partial charge is 0.416 e. The molecule has 1 aliphatic rings.